The highest BCUT2D eigenvalue weighted by Gasteiger charge is 2.17. The third kappa shape index (κ3) is 3.30. The Hall–Kier alpha value is -1.58. The van der Waals surface area contributed by atoms with Gasteiger partial charge in [-0.2, -0.15) is 0 Å². The molecule has 0 bridgehead atoms. The number of rotatable bonds is 5. The predicted octanol–water partition coefficient (Wildman–Crippen LogP) is 3.77. The highest BCUT2D eigenvalue weighted by atomic mass is 35.5. The van der Waals surface area contributed by atoms with Crippen LogP contribution in [0.1, 0.15) is 17.0 Å². The first-order valence-corrected chi connectivity index (χ1v) is 6.80. The quantitative estimate of drug-likeness (QED) is 0.911. The van der Waals surface area contributed by atoms with Gasteiger partial charge in [-0.05, 0) is 48.4 Å². The normalized spacial score (nSPS) is 12.2. The number of ether oxygens (including phenoxy) is 1. The lowest BCUT2D eigenvalue weighted by atomic mass is 9.91. The van der Waals surface area contributed by atoms with Crippen molar-refractivity contribution in [3.63, 3.8) is 0 Å². The molecule has 0 aliphatic rings. The van der Waals surface area contributed by atoms with Crippen LogP contribution in [0.4, 0.5) is 4.39 Å². The number of benzene rings is 2. The monoisotopic (exact) mass is 293 g/mol. The largest absolute Gasteiger partial charge is 0.496 e. The zero-order chi connectivity index (χ0) is 14.5. The van der Waals surface area contributed by atoms with Gasteiger partial charge in [-0.15, -0.1) is 0 Å². The number of hydrogen-bond donors (Lipinski definition) is 1. The van der Waals surface area contributed by atoms with Gasteiger partial charge in [-0.3, -0.25) is 0 Å². The minimum Gasteiger partial charge on any atom is -0.496 e. The van der Waals surface area contributed by atoms with Crippen LogP contribution in [0.3, 0.4) is 0 Å². The molecule has 1 atom stereocenters. The number of halogens is 2. The molecule has 0 spiro atoms. The first-order chi connectivity index (χ1) is 9.65. The third-order valence-corrected chi connectivity index (χ3v) is 3.57. The molecule has 2 N–H and O–H groups in total. The molecule has 0 amide bonds. The minimum atomic E-state index is -0.232. The molecule has 0 aliphatic carbocycles. The molecule has 0 saturated carbocycles. The van der Waals surface area contributed by atoms with Crippen LogP contribution < -0.4 is 10.5 Å². The molecular formula is C16H17ClFNO. The second-order valence-electron chi connectivity index (χ2n) is 4.61. The van der Waals surface area contributed by atoms with Crippen LogP contribution in [-0.4, -0.2) is 13.7 Å². The Morgan fingerprint density at radius 1 is 1.25 bits per heavy atom. The van der Waals surface area contributed by atoms with Crippen molar-refractivity contribution >= 4 is 11.6 Å². The summed E-state index contributed by atoms with van der Waals surface area (Å²) < 4.78 is 19.2. The molecule has 106 valence electrons. The fourth-order valence-electron chi connectivity index (χ4n) is 2.30. The van der Waals surface area contributed by atoms with Gasteiger partial charge in [-0.25, -0.2) is 4.39 Å². The summed E-state index contributed by atoms with van der Waals surface area (Å²) in [6, 6.07) is 12.1. The number of hydrogen-bond acceptors (Lipinski definition) is 2. The summed E-state index contributed by atoms with van der Waals surface area (Å²) in [5.74, 6) is 0.400. The van der Waals surface area contributed by atoms with Crippen LogP contribution in [0.25, 0.3) is 0 Å². The molecule has 0 saturated heterocycles. The average Bonchev–Trinajstić information content (AvgIpc) is 2.46. The fraction of sp³-hybridized carbons (Fsp3) is 0.250. The number of methoxy groups -OCH3 is 1. The van der Waals surface area contributed by atoms with E-state index in [1.165, 1.54) is 6.07 Å². The van der Waals surface area contributed by atoms with E-state index in [0.717, 1.165) is 11.3 Å². The van der Waals surface area contributed by atoms with Gasteiger partial charge in [0.2, 0.25) is 0 Å². The van der Waals surface area contributed by atoms with E-state index in [4.69, 9.17) is 22.1 Å². The smallest absolute Gasteiger partial charge is 0.126 e. The van der Waals surface area contributed by atoms with Crippen molar-refractivity contribution in [2.24, 2.45) is 5.73 Å². The van der Waals surface area contributed by atoms with Crippen molar-refractivity contribution in [2.45, 2.75) is 12.3 Å². The number of nitrogens with two attached hydrogens (primary N) is 1. The van der Waals surface area contributed by atoms with Crippen molar-refractivity contribution in [1.82, 2.24) is 0 Å². The summed E-state index contributed by atoms with van der Waals surface area (Å²) in [6.07, 6.45) is 0.584. The molecule has 4 heteroatoms. The molecule has 0 radical (unpaired) electrons. The summed E-state index contributed by atoms with van der Waals surface area (Å²) in [5.41, 5.74) is 7.36. The van der Waals surface area contributed by atoms with E-state index in [0.29, 0.717) is 23.6 Å². The zero-order valence-electron chi connectivity index (χ0n) is 11.3. The standard InChI is InChI=1S/C16H17ClFNO/c1-20-16-7-6-13(17)9-11(16)8-12(10-19)14-4-2-3-5-15(14)18/h2-7,9,12H,8,10,19H2,1H3. The Morgan fingerprint density at radius 2 is 2.00 bits per heavy atom. The van der Waals surface area contributed by atoms with Crippen molar-refractivity contribution in [3.05, 3.63) is 64.4 Å². The summed E-state index contributed by atoms with van der Waals surface area (Å²) in [6.45, 7) is 0.358. The SMILES string of the molecule is COc1ccc(Cl)cc1CC(CN)c1ccccc1F. The van der Waals surface area contributed by atoms with E-state index in [1.54, 1.807) is 25.3 Å². The van der Waals surface area contributed by atoms with Gasteiger partial charge in [0, 0.05) is 10.9 Å². The maximum absolute atomic E-state index is 13.9. The van der Waals surface area contributed by atoms with Crippen molar-refractivity contribution in [1.29, 1.82) is 0 Å². The third-order valence-electron chi connectivity index (χ3n) is 3.34. The fourth-order valence-corrected chi connectivity index (χ4v) is 2.49. The van der Waals surface area contributed by atoms with Crippen molar-refractivity contribution in [3.8, 4) is 5.75 Å². The Kier molecular flexibility index (Phi) is 4.99. The molecule has 20 heavy (non-hydrogen) atoms. The lowest BCUT2D eigenvalue weighted by Gasteiger charge is -2.18. The van der Waals surface area contributed by atoms with Gasteiger partial charge >= 0.3 is 0 Å². The first kappa shape index (κ1) is 14.8. The molecule has 0 aromatic heterocycles. The van der Waals surface area contributed by atoms with E-state index < -0.39 is 0 Å². The van der Waals surface area contributed by atoms with Crippen molar-refractivity contribution in [2.75, 3.05) is 13.7 Å². The van der Waals surface area contributed by atoms with Gasteiger partial charge in [0.25, 0.3) is 0 Å². The van der Waals surface area contributed by atoms with Gasteiger partial charge in [0.1, 0.15) is 11.6 Å². The van der Waals surface area contributed by atoms with Crippen LogP contribution in [0.2, 0.25) is 5.02 Å². The molecule has 0 fully saturated rings. The zero-order valence-corrected chi connectivity index (χ0v) is 12.0. The van der Waals surface area contributed by atoms with Gasteiger partial charge in [-0.1, -0.05) is 29.8 Å². The summed E-state index contributed by atoms with van der Waals surface area (Å²) in [5, 5.41) is 0.630. The Balaban J connectivity index is 2.31. The molecule has 0 heterocycles. The lowest BCUT2D eigenvalue weighted by molar-refractivity contribution is 0.407. The van der Waals surface area contributed by atoms with Gasteiger partial charge in [0.05, 0.1) is 7.11 Å². The van der Waals surface area contributed by atoms with Crippen LogP contribution in [0, 0.1) is 5.82 Å². The van der Waals surface area contributed by atoms with Crippen LogP contribution in [-0.2, 0) is 6.42 Å². The molecule has 2 aromatic rings. The van der Waals surface area contributed by atoms with Gasteiger partial charge in [0.15, 0.2) is 0 Å². The minimum absolute atomic E-state index is 0.108. The Morgan fingerprint density at radius 3 is 2.65 bits per heavy atom. The highest BCUT2D eigenvalue weighted by Crippen LogP contribution is 2.29. The van der Waals surface area contributed by atoms with Crippen LogP contribution in [0.5, 0.6) is 5.75 Å². The molecule has 1 unspecified atom stereocenters. The Bertz CT molecular complexity index is 588. The highest BCUT2D eigenvalue weighted by molar-refractivity contribution is 6.30. The maximum atomic E-state index is 13.9. The molecule has 2 rings (SSSR count). The topological polar surface area (TPSA) is 35.2 Å². The van der Waals surface area contributed by atoms with Crippen molar-refractivity contribution < 1.29 is 9.13 Å². The second-order valence-corrected chi connectivity index (χ2v) is 5.05. The molecular weight excluding hydrogens is 277 g/mol. The lowest BCUT2D eigenvalue weighted by Crippen LogP contribution is -2.16. The molecule has 2 nitrogen and oxygen atoms in total. The average molecular weight is 294 g/mol. The van der Waals surface area contributed by atoms with E-state index in [2.05, 4.69) is 0 Å². The van der Waals surface area contributed by atoms with Crippen LogP contribution in [0.15, 0.2) is 42.5 Å². The second kappa shape index (κ2) is 6.73. The van der Waals surface area contributed by atoms with Crippen LogP contribution >= 0.6 is 11.6 Å². The predicted molar refractivity (Wildman–Crippen MR) is 79.9 cm³/mol. The first-order valence-electron chi connectivity index (χ1n) is 6.42. The van der Waals surface area contributed by atoms with E-state index in [-0.39, 0.29) is 11.7 Å². The summed E-state index contributed by atoms with van der Waals surface area (Å²) >= 11 is 6.02. The van der Waals surface area contributed by atoms with E-state index >= 15 is 0 Å². The van der Waals surface area contributed by atoms with Gasteiger partial charge < -0.3 is 10.5 Å². The van der Waals surface area contributed by atoms with E-state index in [9.17, 15) is 4.39 Å². The maximum Gasteiger partial charge on any atom is 0.126 e. The Labute approximate surface area is 123 Å². The van der Waals surface area contributed by atoms with E-state index in [1.807, 2.05) is 18.2 Å². The molecule has 0 aliphatic heterocycles. The molecule has 2 aromatic carbocycles. The summed E-state index contributed by atoms with van der Waals surface area (Å²) in [7, 11) is 1.60. The summed E-state index contributed by atoms with van der Waals surface area (Å²) in [4.78, 5) is 0.